The Labute approximate surface area is 101 Å². The Bertz CT molecular complexity index is 392. The number of ether oxygens (including phenoxy) is 3. The zero-order chi connectivity index (χ0) is 11.7. The number of benzene rings is 1. The number of hydrogen-bond donors (Lipinski definition) is 1. The molecule has 4 nitrogen and oxygen atoms in total. The zero-order valence-corrected chi connectivity index (χ0v) is 9.89. The summed E-state index contributed by atoms with van der Waals surface area (Å²) in [5.74, 6) is 1.67. The van der Waals surface area contributed by atoms with Gasteiger partial charge in [0, 0.05) is 12.6 Å². The molecule has 4 heteroatoms. The van der Waals surface area contributed by atoms with Crippen molar-refractivity contribution in [2.45, 2.75) is 25.2 Å². The molecule has 1 fully saturated rings. The van der Waals surface area contributed by atoms with E-state index in [0.29, 0.717) is 12.7 Å². The Balaban J connectivity index is 1.58. The van der Waals surface area contributed by atoms with Crippen LogP contribution in [0, 0.1) is 0 Å². The topological polar surface area (TPSA) is 43.0 Å². The van der Waals surface area contributed by atoms with E-state index in [4.69, 9.17) is 14.2 Å². The molecule has 1 aromatic carbocycles. The van der Waals surface area contributed by atoms with Gasteiger partial charge in [-0.3, -0.25) is 0 Å². The highest BCUT2D eigenvalue weighted by Crippen LogP contribution is 2.31. The van der Waals surface area contributed by atoms with Crippen molar-refractivity contribution in [3.05, 3.63) is 24.3 Å². The lowest BCUT2D eigenvalue weighted by molar-refractivity contribution is 0.0663. The largest absolute Gasteiger partial charge is 0.486 e. The molecular weight excluding hydrogens is 218 g/mol. The molecule has 3 rings (SSSR count). The molecule has 0 saturated carbocycles. The van der Waals surface area contributed by atoms with Crippen LogP contribution in [0.2, 0.25) is 0 Å². The maximum Gasteiger partial charge on any atom is 0.161 e. The minimum Gasteiger partial charge on any atom is -0.486 e. The van der Waals surface area contributed by atoms with E-state index in [1.54, 1.807) is 0 Å². The van der Waals surface area contributed by atoms with Crippen LogP contribution in [0.25, 0.3) is 0 Å². The van der Waals surface area contributed by atoms with Crippen LogP contribution in [0.1, 0.15) is 6.92 Å². The smallest absolute Gasteiger partial charge is 0.161 e. The maximum atomic E-state index is 5.92. The predicted octanol–water partition coefficient (Wildman–Crippen LogP) is 1.20. The van der Waals surface area contributed by atoms with Gasteiger partial charge in [0.05, 0.1) is 12.7 Å². The van der Waals surface area contributed by atoms with Gasteiger partial charge < -0.3 is 19.5 Å². The summed E-state index contributed by atoms with van der Waals surface area (Å²) in [6.45, 7) is 4.48. The van der Waals surface area contributed by atoms with Crippen molar-refractivity contribution in [3.63, 3.8) is 0 Å². The molecule has 2 aliphatic heterocycles. The molecule has 0 aliphatic carbocycles. The standard InChI is InChI=1S/C13H17NO3/c1-9(14-6-10-7-15-10)13-8-16-11-4-2-3-5-12(11)17-13/h2-5,9-10,13-14H,6-8H2,1H3/t9-,10-,13+/m1/s1. The van der Waals surface area contributed by atoms with Crippen LogP contribution in [0.4, 0.5) is 0 Å². The number of hydrogen-bond acceptors (Lipinski definition) is 4. The highest BCUT2D eigenvalue weighted by molar-refractivity contribution is 5.40. The van der Waals surface area contributed by atoms with Crippen molar-refractivity contribution in [3.8, 4) is 11.5 Å². The van der Waals surface area contributed by atoms with Gasteiger partial charge in [-0.15, -0.1) is 0 Å². The number of para-hydroxylation sites is 2. The van der Waals surface area contributed by atoms with Crippen molar-refractivity contribution in [2.75, 3.05) is 19.8 Å². The van der Waals surface area contributed by atoms with Crippen molar-refractivity contribution in [1.29, 1.82) is 0 Å². The SMILES string of the molecule is C[C@@H](NC[C@@H]1CO1)[C@@H]1COc2ccccc2O1. The van der Waals surface area contributed by atoms with Crippen LogP contribution in [0.3, 0.4) is 0 Å². The minimum absolute atomic E-state index is 0.0589. The van der Waals surface area contributed by atoms with Gasteiger partial charge in [0.1, 0.15) is 12.7 Å². The fourth-order valence-electron chi connectivity index (χ4n) is 1.92. The molecule has 0 radical (unpaired) electrons. The molecule has 92 valence electrons. The molecule has 0 unspecified atom stereocenters. The van der Waals surface area contributed by atoms with Crippen LogP contribution in [-0.2, 0) is 4.74 Å². The Hall–Kier alpha value is -1.26. The molecular formula is C13H17NO3. The summed E-state index contributed by atoms with van der Waals surface area (Å²) in [7, 11) is 0. The molecule has 0 aromatic heterocycles. The maximum absolute atomic E-state index is 5.92. The lowest BCUT2D eigenvalue weighted by Crippen LogP contribution is -2.47. The third kappa shape index (κ3) is 2.53. The highest BCUT2D eigenvalue weighted by atomic mass is 16.6. The lowest BCUT2D eigenvalue weighted by atomic mass is 10.1. The van der Waals surface area contributed by atoms with E-state index >= 15 is 0 Å². The molecule has 1 aromatic rings. The van der Waals surface area contributed by atoms with E-state index in [1.165, 1.54) is 0 Å². The Morgan fingerprint density at radius 3 is 2.82 bits per heavy atom. The number of epoxide rings is 1. The molecule has 2 aliphatic rings. The van der Waals surface area contributed by atoms with Gasteiger partial charge in [0.15, 0.2) is 11.5 Å². The predicted molar refractivity (Wildman–Crippen MR) is 63.6 cm³/mol. The molecule has 3 atom stereocenters. The average Bonchev–Trinajstić information content (AvgIpc) is 3.19. The molecule has 2 heterocycles. The van der Waals surface area contributed by atoms with Gasteiger partial charge in [0.25, 0.3) is 0 Å². The van der Waals surface area contributed by atoms with Crippen molar-refractivity contribution in [1.82, 2.24) is 5.32 Å². The quantitative estimate of drug-likeness (QED) is 0.796. The second-order valence-electron chi connectivity index (χ2n) is 4.57. The van der Waals surface area contributed by atoms with Crippen LogP contribution >= 0.6 is 0 Å². The minimum atomic E-state index is 0.0589. The molecule has 1 N–H and O–H groups in total. The van der Waals surface area contributed by atoms with E-state index in [2.05, 4.69) is 12.2 Å². The number of fused-ring (bicyclic) bond motifs is 1. The molecule has 0 spiro atoms. The third-order valence-corrected chi connectivity index (χ3v) is 3.16. The van der Waals surface area contributed by atoms with Gasteiger partial charge in [-0.05, 0) is 19.1 Å². The fraction of sp³-hybridized carbons (Fsp3) is 0.538. The third-order valence-electron chi connectivity index (χ3n) is 3.16. The second-order valence-corrected chi connectivity index (χ2v) is 4.57. The summed E-state index contributed by atoms with van der Waals surface area (Å²) < 4.78 is 16.8. The van der Waals surface area contributed by atoms with E-state index in [1.807, 2.05) is 24.3 Å². The fourth-order valence-corrected chi connectivity index (χ4v) is 1.92. The first-order chi connectivity index (χ1) is 8.33. The van der Waals surface area contributed by atoms with E-state index in [0.717, 1.165) is 24.7 Å². The zero-order valence-electron chi connectivity index (χ0n) is 9.89. The van der Waals surface area contributed by atoms with Gasteiger partial charge in [-0.25, -0.2) is 0 Å². The van der Waals surface area contributed by atoms with E-state index in [-0.39, 0.29) is 12.1 Å². The van der Waals surface area contributed by atoms with Crippen LogP contribution in [0.5, 0.6) is 11.5 Å². The van der Waals surface area contributed by atoms with Gasteiger partial charge in [-0.1, -0.05) is 12.1 Å². The number of nitrogens with one attached hydrogen (secondary N) is 1. The summed E-state index contributed by atoms with van der Waals surface area (Å²) in [5.41, 5.74) is 0. The van der Waals surface area contributed by atoms with Gasteiger partial charge in [-0.2, -0.15) is 0 Å². The monoisotopic (exact) mass is 235 g/mol. The first-order valence-electron chi connectivity index (χ1n) is 6.06. The summed E-state index contributed by atoms with van der Waals surface area (Å²) in [6, 6.07) is 8.04. The van der Waals surface area contributed by atoms with Crippen LogP contribution in [-0.4, -0.2) is 38.0 Å². The average molecular weight is 235 g/mol. The molecule has 0 amide bonds. The lowest BCUT2D eigenvalue weighted by Gasteiger charge is -2.30. The van der Waals surface area contributed by atoms with Crippen molar-refractivity contribution >= 4 is 0 Å². The van der Waals surface area contributed by atoms with Crippen LogP contribution in [0.15, 0.2) is 24.3 Å². The summed E-state index contributed by atoms with van der Waals surface area (Å²) in [5, 5.41) is 3.42. The highest BCUT2D eigenvalue weighted by Gasteiger charge is 2.28. The van der Waals surface area contributed by atoms with E-state index < -0.39 is 0 Å². The Morgan fingerprint density at radius 2 is 2.06 bits per heavy atom. The normalized spacial score (nSPS) is 27.6. The van der Waals surface area contributed by atoms with Crippen molar-refractivity contribution in [2.24, 2.45) is 0 Å². The van der Waals surface area contributed by atoms with Gasteiger partial charge >= 0.3 is 0 Å². The summed E-state index contributed by atoms with van der Waals surface area (Å²) >= 11 is 0. The summed E-state index contributed by atoms with van der Waals surface area (Å²) in [4.78, 5) is 0. The van der Waals surface area contributed by atoms with Gasteiger partial charge in [0.2, 0.25) is 0 Å². The second kappa shape index (κ2) is 4.55. The Morgan fingerprint density at radius 1 is 1.29 bits per heavy atom. The van der Waals surface area contributed by atoms with Crippen molar-refractivity contribution < 1.29 is 14.2 Å². The van der Waals surface area contributed by atoms with Crippen LogP contribution < -0.4 is 14.8 Å². The first-order valence-corrected chi connectivity index (χ1v) is 6.06. The van der Waals surface area contributed by atoms with E-state index in [9.17, 15) is 0 Å². The summed E-state index contributed by atoms with van der Waals surface area (Å²) in [6.07, 6.45) is 0.456. The molecule has 0 bridgehead atoms. The number of rotatable bonds is 4. The molecule has 1 saturated heterocycles. The first kappa shape index (κ1) is 10.9. The molecule has 17 heavy (non-hydrogen) atoms. The Kier molecular flexibility index (Phi) is 2.91.